The highest BCUT2D eigenvalue weighted by Gasteiger charge is 2.19. The van der Waals surface area contributed by atoms with Gasteiger partial charge in [-0.05, 0) is 31.4 Å². The van der Waals surface area contributed by atoms with Gasteiger partial charge in [-0.1, -0.05) is 23.5 Å². The monoisotopic (exact) mass is 247 g/mol. The largest absolute Gasteiger partial charge is 0.335 e. The Morgan fingerprint density at radius 3 is 2.88 bits per heavy atom. The summed E-state index contributed by atoms with van der Waals surface area (Å²) < 4.78 is 1.09. The number of hydrogen-bond donors (Lipinski definition) is 2. The summed E-state index contributed by atoms with van der Waals surface area (Å²) in [7, 11) is 0. The van der Waals surface area contributed by atoms with E-state index in [0.29, 0.717) is 11.2 Å². The maximum absolute atomic E-state index is 11.6. The maximum atomic E-state index is 11.6. The number of anilines is 1. The molecule has 3 rings (SSSR count). The molecule has 5 heteroatoms. The van der Waals surface area contributed by atoms with Crippen LogP contribution in [-0.2, 0) is 0 Å². The molecule has 1 aromatic heterocycles. The van der Waals surface area contributed by atoms with Crippen LogP contribution in [0.25, 0.3) is 10.2 Å². The lowest BCUT2D eigenvalue weighted by Gasteiger charge is -2.26. The van der Waals surface area contributed by atoms with Crippen LogP contribution in [-0.4, -0.2) is 17.1 Å². The second kappa shape index (κ2) is 4.33. The van der Waals surface area contributed by atoms with E-state index < -0.39 is 0 Å². The average molecular weight is 247 g/mol. The number of hydrogen-bond acceptors (Lipinski definition) is 3. The Labute approximate surface area is 103 Å². The third-order valence-electron chi connectivity index (χ3n) is 2.95. The number of carbonyl (C=O) groups is 1. The standard InChI is InChI=1S/C12H13N3OS/c16-11(13-8-4-3-5-8)15-12-14-9-6-1-2-7-10(9)17-12/h1-2,6-8H,3-5H2,(H2,13,14,15,16). The lowest BCUT2D eigenvalue weighted by atomic mass is 9.93. The van der Waals surface area contributed by atoms with Gasteiger partial charge in [0.05, 0.1) is 10.2 Å². The van der Waals surface area contributed by atoms with Crippen molar-refractivity contribution >= 4 is 32.7 Å². The zero-order valence-electron chi connectivity index (χ0n) is 9.27. The van der Waals surface area contributed by atoms with Gasteiger partial charge in [0.25, 0.3) is 0 Å². The zero-order chi connectivity index (χ0) is 11.7. The van der Waals surface area contributed by atoms with Crippen molar-refractivity contribution in [3.8, 4) is 0 Å². The van der Waals surface area contributed by atoms with E-state index >= 15 is 0 Å². The third-order valence-corrected chi connectivity index (χ3v) is 3.91. The Bertz CT molecular complexity index is 514. The van der Waals surface area contributed by atoms with E-state index in [1.54, 1.807) is 0 Å². The summed E-state index contributed by atoms with van der Waals surface area (Å²) in [5, 5.41) is 6.37. The first-order valence-electron chi connectivity index (χ1n) is 5.74. The fourth-order valence-electron chi connectivity index (χ4n) is 1.80. The highest BCUT2D eigenvalue weighted by Crippen LogP contribution is 2.25. The van der Waals surface area contributed by atoms with Gasteiger partial charge in [0.1, 0.15) is 0 Å². The molecule has 1 fully saturated rings. The van der Waals surface area contributed by atoms with Crippen LogP contribution in [0.5, 0.6) is 0 Å². The van der Waals surface area contributed by atoms with Gasteiger partial charge in [-0.25, -0.2) is 9.78 Å². The van der Waals surface area contributed by atoms with Gasteiger partial charge in [0, 0.05) is 6.04 Å². The van der Waals surface area contributed by atoms with E-state index in [-0.39, 0.29) is 6.03 Å². The van der Waals surface area contributed by atoms with Crippen molar-refractivity contribution < 1.29 is 4.79 Å². The summed E-state index contributed by atoms with van der Waals surface area (Å²) in [4.78, 5) is 16.0. The number of benzene rings is 1. The Balaban J connectivity index is 1.69. The van der Waals surface area contributed by atoms with Gasteiger partial charge >= 0.3 is 6.03 Å². The molecular formula is C12H13N3OS. The van der Waals surface area contributed by atoms with E-state index in [2.05, 4.69) is 15.6 Å². The number of rotatable bonds is 2. The molecule has 1 aliphatic rings. The van der Waals surface area contributed by atoms with Crippen molar-refractivity contribution in [2.75, 3.05) is 5.32 Å². The van der Waals surface area contributed by atoms with Gasteiger partial charge in [-0.3, -0.25) is 5.32 Å². The van der Waals surface area contributed by atoms with E-state index in [0.717, 1.165) is 23.1 Å². The zero-order valence-corrected chi connectivity index (χ0v) is 10.1. The molecule has 2 aromatic rings. The van der Waals surface area contributed by atoms with Crippen LogP contribution in [0.3, 0.4) is 0 Å². The number of nitrogens with one attached hydrogen (secondary N) is 2. The normalized spacial score (nSPS) is 15.5. The summed E-state index contributed by atoms with van der Waals surface area (Å²) in [5.74, 6) is 0. The summed E-state index contributed by atoms with van der Waals surface area (Å²) >= 11 is 1.50. The fraction of sp³-hybridized carbons (Fsp3) is 0.333. The molecule has 17 heavy (non-hydrogen) atoms. The van der Waals surface area contributed by atoms with Crippen LogP contribution < -0.4 is 10.6 Å². The van der Waals surface area contributed by atoms with Crippen molar-refractivity contribution in [1.29, 1.82) is 0 Å². The van der Waals surface area contributed by atoms with Crippen LogP contribution in [0.1, 0.15) is 19.3 Å². The fourth-order valence-corrected chi connectivity index (χ4v) is 2.66. The molecule has 1 aliphatic carbocycles. The number of fused-ring (bicyclic) bond motifs is 1. The molecule has 0 atom stereocenters. The summed E-state index contributed by atoms with van der Waals surface area (Å²) in [6, 6.07) is 8.07. The molecular weight excluding hydrogens is 234 g/mol. The van der Waals surface area contributed by atoms with Gasteiger partial charge in [0.2, 0.25) is 0 Å². The minimum Gasteiger partial charge on any atom is -0.335 e. The Kier molecular flexibility index (Phi) is 2.68. The molecule has 0 aliphatic heterocycles. The molecule has 2 N–H and O–H groups in total. The number of urea groups is 1. The molecule has 0 spiro atoms. The minimum atomic E-state index is -0.145. The lowest BCUT2D eigenvalue weighted by Crippen LogP contribution is -2.41. The lowest BCUT2D eigenvalue weighted by molar-refractivity contribution is 0.240. The van der Waals surface area contributed by atoms with E-state index in [1.165, 1.54) is 17.8 Å². The molecule has 88 valence electrons. The van der Waals surface area contributed by atoms with Crippen molar-refractivity contribution in [1.82, 2.24) is 10.3 Å². The van der Waals surface area contributed by atoms with Crippen molar-refractivity contribution in [3.05, 3.63) is 24.3 Å². The summed E-state index contributed by atoms with van der Waals surface area (Å²) in [6.45, 7) is 0. The van der Waals surface area contributed by atoms with Crippen molar-refractivity contribution in [2.24, 2.45) is 0 Å². The number of nitrogens with zero attached hydrogens (tertiary/aromatic N) is 1. The van der Waals surface area contributed by atoms with Crippen molar-refractivity contribution in [2.45, 2.75) is 25.3 Å². The molecule has 1 saturated carbocycles. The first-order valence-corrected chi connectivity index (χ1v) is 6.56. The summed E-state index contributed by atoms with van der Waals surface area (Å²) in [6.07, 6.45) is 3.40. The maximum Gasteiger partial charge on any atom is 0.321 e. The van der Waals surface area contributed by atoms with Gasteiger partial charge in [0.15, 0.2) is 5.13 Å². The third kappa shape index (κ3) is 2.24. The molecule has 0 bridgehead atoms. The first-order chi connectivity index (χ1) is 8.31. The Hall–Kier alpha value is -1.62. The quantitative estimate of drug-likeness (QED) is 0.857. The van der Waals surface area contributed by atoms with Crippen LogP contribution in [0, 0.1) is 0 Å². The van der Waals surface area contributed by atoms with Crippen LogP contribution in [0.4, 0.5) is 9.93 Å². The topological polar surface area (TPSA) is 54.0 Å². The van der Waals surface area contributed by atoms with Crippen LogP contribution in [0.15, 0.2) is 24.3 Å². The van der Waals surface area contributed by atoms with E-state index in [4.69, 9.17) is 0 Å². The van der Waals surface area contributed by atoms with E-state index in [1.807, 2.05) is 24.3 Å². The van der Waals surface area contributed by atoms with E-state index in [9.17, 15) is 4.79 Å². The predicted molar refractivity (Wildman–Crippen MR) is 69.4 cm³/mol. The van der Waals surface area contributed by atoms with Crippen LogP contribution >= 0.6 is 11.3 Å². The number of carbonyl (C=O) groups excluding carboxylic acids is 1. The van der Waals surface area contributed by atoms with Gasteiger partial charge < -0.3 is 5.32 Å². The highest BCUT2D eigenvalue weighted by atomic mass is 32.1. The Morgan fingerprint density at radius 1 is 1.35 bits per heavy atom. The number of para-hydroxylation sites is 1. The summed E-state index contributed by atoms with van der Waals surface area (Å²) in [5.41, 5.74) is 0.927. The molecule has 1 aromatic carbocycles. The predicted octanol–water partition coefficient (Wildman–Crippen LogP) is 2.97. The van der Waals surface area contributed by atoms with Gasteiger partial charge in [-0.15, -0.1) is 0 Å². The highest BCUT2D eigenvalue weighted by molar-refractivity contribution is 7.22. The average Bonchev–Trinajstić information content (AvgIpc) is 2.65. The SMILES string of the molecule is O=C(Nc1nc2ccccc2s1)NC1CCC1. The second-order valence-electron chi connectivity index (χ2n) is 4.21. The molecule has 1 heterocycles. The smallest absolute Gasteiger partial charge is 0.321 e. The first kappa shape index (κ1) is 10.5. The number of amides is 2. The van der Waals surface area contributed by atoms with Crippen LogP contribution in [0.2, 0.25) is 0 Å². The number of thiazole rings is 1. The Morgan fingerprint density at radius 2 is 2.18 bits per heavy atom. The molecule has 0 unspecified atom stereocenters. The number of aromatic nitrogens is 1. The van der Waals surface area contributed by atoms with Gasteiger partial charge in [-0.2, -0.15) is 0 Å². The molecule has 0 radical (unpaired) electrons. The minimum absolute atomic E-state index is 0.145. The molecule has 4 nitrogen and oxygen atoms in total. The van der Waals surface area contributed by atoms with Crippen molar-refractivity contribution in [3.63, 3.8) is 0 Å². The molecule has 0 saturated heterocycles. The molecule has 2 amide bonds. The second-order valence-corrected chi connectivity index (χ2v) is 5.24.